The standard InChI is InChI=1S/C16H18N4O3S/c1-9(2)8-20-13(21)11-4-3-10(7-12(11)14(20)22)18-15(23)19-16-17-5-6-24-16/h3-4,7,9H,5-6,8H2,1-2H3,(H2,17,18,19,23). The van der Waals surface area contributed by atoms with Gasteiger partial charge in [-0.2, -0.15) is 0 Å². The smallest absolute Gasteiger partial charge is 0.308 e. The molecular weight excluding hydrogens is 328 g/mol. The molecule has 0 radical (unpaired) electrons. The number of carbonyl (C=O) groups is 3. The number of amidine groups is 1. The van der Waals surface area contributed by atoms with Crippen LogP contribution in [0.1, 0.15) is 34.6 Å². The van der Waals surface area contributed by atoms with Crippen LogP contribution in [0, 0.1) is 5.92 Å². The molecule has 0 atom stereocenters. The summed E-state index contributed by atoms with van der Waals surface area (Å²) in [4.78, 5) is 42.0. The summed E-state index contributed by atoms with van der Waals surface area (Å²) in [6.07, 6.45) is 0. The van der Waals surface area contributed by atoms with Crippen molar-refractivity contribution in [3.63, 3.8) is 0 Å². The van der Waals surface area contributed by atoms with Crippen LogP contribution in [0.15, 0.2) is 23.2 Å². The number of anilines is 1. The molecule has 0 saturated carbocycles. The molecule has 126 valence electrons. The number of fused-ring (bicyclic) bond motifs is 1. The first kappa shape index (κ1) is 16.5. The summed E-state index contributed by atoms with van der Waals surface area (Å²) in [6.45, 7) is 4.98. The molecule has 0 bridgehead atoms. The molecule has 2 aliphatic rings. The van der Waals surface area contributed by atoms with Crippen molar-refractivity contribution < 1.29 is 14.4 Å². The highest BCUT2D eigenvalue weighted by atomic mass is 32.2. The normalized spacial score (nSPS) is 16.5. The molecule has 0 fully saturated rings. The van der Waals surface area contributed by atoms with E-state index < -0.39 is 6.03 Å². The lowest BCUT2D eigenvalue weighted by Crippen LogP contribution is -2.33. The van der Waals surface area contributed by atoms with E-state index in [4.69, 9.17) is 0 Å². The van der Waals surface area contributed by atoms with Crippen LogP contribution >= 0.6 is 11.8 Å². The molecule has 24 heavy (non-hydrogen) atoms. The predicted molar refractivity (Wildman–Crippen MR) is 93.6 cm³/mol. The van der Waals surface area contributed by atoms with Crippen molar-refractivity contribution in [3.05, 3.63) is 29.3 Å². The average molecular weight is 346 g/mol. The van der Waals surface area contributed by atoms with E-state index in [9.17, 15) is 14.4 Å². The minimum Gasteiger partial charge on any atom is -0.308 e. The lowest BCUT2D eigenvalue weighted by atomic mass is 10.1. The zero-order chi connectivity index (χ0) is 17.3. The Hall–Kier alpha value is -2.35. The fourth-order valence-corrected chi connectivity index (χ4v) is 3.29. The molecule has 0 aromatic heterocycles. The summed E-state index contributed by atoms with van der Waals surface area (Å²) < 4.78 is 0. The van der Waals surface area contributed by atoms with Gasteiger partial charge in [-0.15, -0.1) is 0 Å². The molecule has 1 aromatic carbocycles. The van der Waals surface area contributed by atoms with Crippen LogP contribution in [0.4, 0.5) is 10.5 Å². The molecule has 2 aliphatic heterocycles. The highest BCUT2D eigenvalue weighted by molar-refractivity contribution is 8.14. The number of hydrogen-bond acceptors (Lipinski definition) is 5. The third kappa shape index (κ3) is 3.28. The number of carbonyl (C=O) groups excluding carboxylic acids is 3. The quantitative estimate of drug-likeness (QED) is 0.821. The number of nitrogens with zero attached hydrogens (tertiary/aromatic N) is 2. The van der Waals surface area contributed by atoms with Gasteiger partial charge in [0.2, 0.25) is 0 Å². The number of urea groups is 1. The first-order chi connectivity index (χ1) is 11.5. The Kier molecular flexibility index (Phi) is 4.57. The molecular formula is C16H18N4O3S. The summed E-state index contributed by atoms with van der Waals surface area (Å²) in [5, 5.41) is 5.90. The van der Waals surface area contributed by atoms with E-state index in [1.807, 2.05) is 13.8 Å². The Bertz CT molecular complexity index is 745. The van der Waals surface area contributed by atoms with Crippen LogP contribution in [0.3, 0.4) is 0 Å². The molecule has 7 nitrogen and oxygen atoms in total. The van der Waals surface area contributed by atoms with Gasteiger partial charge < -0.3 is 5.32 Å². The second kappa shape index (κ2) is 6.64. The highest BCUT2D eigenvalue weighted by Gasteiger charge is 2.35. The van der Waals surface area contributed by atoms with Gasteiger partial charge in [0.05, 0.1) is 17.7 Å². The molecule has 0 saturated heterocycles. The van der Waals surface area contributed by atoms with Crippen molar-refractivity contribution in [1.29, 1.82) is 0 Å². The van der Waals surface area contributed by atoms with Gasteiger partial charge >= 0.3 is 6.03 Å². The van der Waals surface area contributed by atoms with Crippen LogP contribution < -0.4 is 10.6 Å². The molecule has 4 amide bonds. The van der Waals surface area contributed by atoms with Gasteiger partial charge in [-0.3, -0.25) is 24.8 Å². The molecule has 3 rings (SSSR count). The maximum absolute atomic E-state index is 12.4. The second-order valence-electron chi connectivity index (χ2n) is 5.99. The van der Waals surface area contributed by atoms with E-state index >= 15 is 0 Å². The Labute approximate surface area is 143 Å². The van der Waals surface area contributed by atoms with Crippen LogP contribution in [0.25, 0.3) is 0 Å². The van der Waals surface area contributed by atoms with Gasteiger partial charge in [0.25, 0.3) is 11.8 Å². The minimum atomic E-state index is -0.418. The van der Waals surface area contributed by atoms with Crippen molar-refractivity contribution in [2.24, 2.45) is 10.9 Å². The van der Waals surface area contributed by atoms with E-state index in [0.29, 0.717) is 35.1 Å². The average Bonchev–Trinajstić information content (AvgIpc) is 3.10. The number of benzene rings is 1. The summed E-state index contributed by atoms with van der Waals surface area (Å²) in [5.74, 6) is 0.455. The molecule has 0 spiro atoms. The zero-order valence-corrected chi connectivity index (χ0v) is 14.3. The van der Waals surface area contributed by atoms with Crippen molar-refractivity contribution in [2.45, 2.75) is 13.8 Å². The third-order valence-electron chi connectivity index (χ3n) is 3.58. The number of thioether (sulfide) groups is 1. The van der Waals surface area contributed by atoms with Crippen molar-refractivity contribution in [2.75, 3.05) is 24.2 Å². The van der Waals surface area contributed by atoms with Gasteiger partial charge in [-0.25, -0.2) is 4.79 Å². The van der Waals surface area contributed by atoms with Gasteiger partial charge in [-0.05, 0) is 24.1 Å². The molecule has 0 aliphatic carbocycles. The van der Waals surface area contributed by atoms with Gasteiger partial charge in [0.1, 0.15) is 0 Å². The maximum Gasteiger partial charge on any atom is 0.325 e. The Morgan fingerprint density at radius 1 is 1.25 bits per heavy atom. The van der Waals surface area contributed by atoms with E-state index in [2.05, 4.69) is 15.6 Å². The summed E-state index contributed by atoms with van der Waals surface area (Å²) in [6, 6.07) is 4.32. The first-order valence-corrected chi connectivity index (χ1v) is 8.70. The van der Waals surface area contributed by atoms with Crippen molar-refractivity contribution >= 4 is 40.5 Å². The summed E-state index contributed by atoms with van der Waals surface area (Å²) in [5.41, 5.74) is 1.16. The maximum atomic E-state index is 12.4. The number of rotatable bonds is 3. The fourth-order valence-electron chi connectivity index (χ4n) is 2.57. The zero-order valence-electron chi connectivity index (χ0n) is 13.5. The van der Waals surface area contributed by atoms with E-state index in [0.717, 1.165) is 5.75 Å². The van der Waals surface area contributed by atoms with Gasteiger partial charge in [0, 0.05) is 18.0 Å². The number of amides is 4. The largest absolute Gasteiger partial charge is 0.325 e. The molecule has 1 aromatic rings. The fraction of sp³-hybridized carbons (Fsp3) is 0.375. The van der Waals surface area contributed by atoms with Crippen LogP contribution in [-0.4, -0.2) is 46.8 Å². The summed E-state index contributed by atoms with van der Waals surface area (Å²) in [7, 11) is 0. The van der Waals surface area contributed by atoms with Crippen LogP contribution in [-0.2, 0) is 0 Å². The lowest BCUT2D eigenvalue weighted by Gasteiger charge is -2.15. The Morgan fingerprint density at radius 2 is 2.00 bits per heavy atom. The number of imide groups is 1. The summed E-state index contributed by atoms with van der Waals surface area (Å²) >= 11 is 1.48. The van der Waals surface area contributed by atoms with Crippen molar-refractivity contribution in [1.82, 2.24) is 10.2 Å². The molecule has 0 unspecified atom stereocenters. The number of nitrogens with one attached hydrogen (secondary N) is 2. The van der Waals surface area contributed by atoms with E-state index in [-0.39, 0.29) is 17.7 Å². The van der Waals surface area contributed by atoms with E-state index in [1.54, 1.807) is 18.2 Å². The minimum absolute atomic E-state index is 0.195. The SMILES string of the molecule is CC(C)CN1C(=O)c2ccc(NC(=O)NC3=NCCS3)cc2C1=O. The van der Waals surface area contributed by atoms with E-state index in [1.165, 1.54) is 16.7 Å². The second-order valence-corrected chi connectivity index (χ2v) is 7.07. The molecule has 2 N–H and O–H groups in total. The molecule has 8 heteroatoms. The first-order valence-electron chi connectivity index (χ1n) is 7.71. The number of aliphatic imine (C=N–C) groups is 1. The molecule has 2 heterocycles. The third-order valence-corrected chi connectivity index (χ3v) is 4.47. The Morgan fingerprint density at radius 3 is 2.67 bits per heavy atom. The predicted octanol–water partition coefficient (Wildman–Crippen LogP) is 2.16. The topological polar surface area (TPSA) is 90.9 Å². The number of hydrogen-bond donors (Lipinski definition) is 2. The van der Waals surface area contributed by atoms with Gasteiger partial charge in [0.15, 0.2) is 5.17 Å². The van der Waals surface area contributed by atoms with Crippen LogP contribution in [0.2, 0.25) is 0 Å². The van der Waals surface area contributed by atoms with Crippen molar-refractivity contribution in [3.8, 4) is 0 Å². The lowest BCUT2D eigenvalue weighted by molar-refractivity contribution is 0.0636. The highest BCUT2D eigenvalue weighted by Crippen LogP contribution is 2.26. The monoisotopic (exact) mass is 346 g/mol. The van der Waals surface area contributed by atoms with Gasteiger partial charge in [-0.1, -0.05) is 25.6 Å². The van der Waals surface area contributed by atoms with Crippen LogP contribution in [0.5, 0.6) is 0 Å². The Balaban J connectivity index is 1.73.